The molecule has 0 radical (unpaired) electrons. The molecule has 1 fully saturated rings. The Morgan fingerprint density at radius 2 is 1.96 bits per heavy atom. The van der Waals surface area contributed by atoms with Gasteiger partial charge in [-0.1, -0.05) is 0 Å². The normalized spacial score (nSPS) is 20.0. The summed E-state index contributed by atoms with van der Waals surface area (Å²) in [6, 6.07) is 5.32. The summed E-state index contributed by atoms with van der Waals surface area (Å²) in [5, 5.41) is 12.2. The topological polar surface area (TPSA) is 70.1 Å². The Labute approximate surface area is 145 Å². The van der Waals surface area contributed by atoms with Crippen LogP contribution in [0.1, 0.15) is 38.2 Å². The van der Waals surface area contributed by atoms with Crippen LogP contribution in [0, 0.1) is 5.82 Å². The van der Waals surface area contributed by atoms with Crippen LogP contribution >= 0.6 is 11.9 Å². The van der Waals surface area contributed by atoms with Crippen molar-refractivity contribution in [3.63, 3.8) is 0 Å². The number of aliphatic hydroxyl groups is 1. The largest absolute Gasteiger partial charge is 0.393 e. The van der Waals surface area contributed by atoms with Crippen LogP contribution in [-0.2, 0) is 0 Å². The van der Waals surface area contributed by atoms with E-state index in [-0.39, 0.29) is 11.9 Å². The standard InChI is InChI=1S/C17H21FN4OS/c1-10(2)22-24-14-3-4-16(15(18)7-14)21-17-19-8-12(9-20-17)11-5-13(23)6-11/h3-4,7-11,13,22-23H,5-6H2,1-2H3,(H,19,20,21). The molecule has 0 atom stereocenters. The number of hydrogen-bond donors (Lipinski definition) is 3. The van der Waals surface area contributed by atoms with Gasteiger partial charge in [0.05, 0.1) is 11.8 Å². The van der Waals surface area contributed by atoms with Crippen LogP contribution < -0.4 is 10.0 Å². The molecular weight excluding hydrogens is 327 g/mol. The molecule has 128 valence electrons. The number of halogens is 1. The zero-order valence-electron chi connectivity index (χ0n) is 13.7. The van der Waals surface area contributed by atoms with Crippen LogP contribution in [0.4, 0.5) is 16.0 Å². The zero-order chi connectivity index (χ0) is 17.1. The fraction of sp³-hybridized carbons (Fsp3) is 0.412. The van der Waals surface area contributed by atoms with Crippen molar-refractivity contribution in [1.29, 1.82) is 0 Å². The van der Waals surface area contributed by atoms with Crippen molar-refractivity contribution in [1.82, 2.24) is 14.7 Å². The quantitative estimate of drug-likeness (QED) is 0.693. The van der Waals surface area contributed by atoms with Crippen LogP contribution in [0.3, 0.4) is 0 Å². The number of rotatable bonds is 6. The van der Waals surface area contributed by atoms with Gasteiger partial charge in [0.15, 0.2) is 0 Å². The molecule has 5 nitrogen and oxygen atoms in total. The van der Waals surface area contributed by atoms with E-state index in [0.29, 0.717) is 23.6 Å². The van der Waals surface area contributed by atoms with Crippen LogP contribution in [0.25, 0.3) is 0 Å². The molecule has 1 saturated carbocycles. The first kappa shape index (κ1) is 17.1. The van der Waals surface area contributed by atoms with E-state index in [1.165, 1.54) is 18.0 Å². The third kappa shape index (κ3) is 4.23. The Balaban J connectivity index is 1.63. The van der Waals surface area contributed by atoms with E-state index in [0.717, 1.165) is 23.3 Å². The summed E-state index contributed by atoms with van der Waals surface area (Å²) in [5.41, 5.74) is 1.36. The molecule has 0 saturated heterocycles. The summed E-state index contributed by atoms with van der Waals surface area (Å²) in [7, 11) is 0. The molecule has 3 rings (SSSR count). The Morgan fingerprint density at radius 3 is 2.54 bits per heavy atom. The van der Waals surface area contributed by atoms with Gasteiger partial charge >= 0.3 is 0 Å². The van der Waals surface area contributed by atoms with Crippen molar-refractivity contribution in [3.05, 3.63) is 42.0 Å². The minimum absolute atomic E-state index is 0.205. The van der Waals surface area contributed by atoms with Gasteiger partial charge in [0.2, 0.25) is 5.95 Å². The number of aromatic nitrogens is 2. The predicted molar refractivity (Wildman–Crippen MR) is 93.8 cm³/mol. The molecule has 7 heteroatoms. The molecule has 1 aliphatic carbocycles. The molecule has 3 N–H and O–H groups in total. The fourth-order valence-corrected chi connectivity index (χ4v) is 3.11. The Morgan fingerprint density at radius 1 is 1.25 bits per heavy atom. The Kier molecular flexibility index (Phi) is 5.33. The van der Waals surface area contributed by atoms with Crippen molar-refractivity contribution in [2.75, 3.05) is 5.32 Å². The van der Waals surface area contributed by atoms with E-state index < -0.39 is 0 Å². The number of anilines is 2. The second-order valence-corrected chi connectivity index (χ2v) is 7.21. The lowest BCUT2D eigenvalue weighted by Crippen LogP contribution is -2.26. The van der Waals surface area contributed by atoms with Crippen molar-refractivity contribution >= 4 is 23.6 Å². The zero-order valence-corrected chi connectivity index (χ0v) is 14.5. The number of hydrogen-bond acceptors (Lipinski definition) is 6. The minimum Gasteiger partial charge on any atom is -0.393 e. The summed E-state index contributed by atoms with van der Waals surface area (Å²) < 4.78 is 17.4. The summed E-state index contributed by atoms with van der Waals surface area (Å²) in [6.07, 6.45) is 4.78. The van der Waals surface area contributed by atoms with Crippen LogP contribution in [0.15, 0.2) is 35.5 Å². The Hall–Kier alpha value is -1.70. The van der Waals surface area contributed by atoms with Crippen molar-refractivity contribution < 1.29 is 9.50 Å². The Bertz CT molecular complexity index is 689. The lowest BCUT2D eigenvalue weighted by atomic mass is 9.79. The smallest absolute Gasteiger partial charge is 0.227 e. The van der Waals surface area contributed by atoms with Gasteiger partial charge in [0, 0.05) is 23.3 Å². The molecular formula is C17H21FN4OS. The van der Waals surface area contributed by atoms with E-state index in [1.54, 1.807) is 18.5 Å². The van der Waals surface area contributed by atoms with Gasteiger partial charge in [0.25, 0.3) is 0 Å². The molecule has 0 spiro atoms. The van der Waals surface area contributed by atoms with Crippen LogP contribution in [0.2, 0.25) is 0 Å². The first-order valence-electron chi connectivity index (χ1n) is 8.00. The molecule has 1 aromatic heterocycles. The summed E-state index contributed by atoms with van der Waals surface area (Å²) in [4.78, 5) is 9.29. The molecule has 0 aliphatic heterocycles. The van der Waals surface area contributed by atoms with Gasteiger partial charge in [0.1, 0.15) is 5.82 Å². The van der Waals surface area contributed by atoms with E-state index >= 15 is 0 Å². The van der Waals surface area contributed by atoms with Crippen LogP contribution in [-0.4, -0.2) is 27.2 Å². The number of nitrogens with zero attached hydrogens (tertiary/aromatic N) is 2. The van der Waals surface area contributed by atoms with E-state index in [1.807, 2.05) is 19.9 Å². The van der Waals surface area contributed by atoms with Gasteiger partial charge < -0.3 is 10.4 Å². The first-order valence-corrected chi connectivity index (χ1v) is 8.82. The predicted octanol–water partition coefficient (Wildman–Crippen LogP) is 3.60. The van der Waals surface area contributed by atoms with E-state index in [4.69, 9.17) is 0 Å². The van der Waals surface area contributed by atoms with Gasteiger partial charge in [-0.2, -0.15) is 0 Å². The minimum atomic E-state index is -0.347. The fourth-order valence-electron chi connectivity index (χ4n) is 2.44. The molecule has 0 bridgehead atoms. The highest BCUT2D eigenvalue weighted by atomic mass is 32.2. The number of nitrogens with one attached hydrogen (secondary N) is 2. The van der Waals surface area contributed by atoms with E-state index in [9.17, 15) is 9.50 Å². The highest BCUT2D eigenvalue weighted by Crippen LogP contribution is 2.36. The molecule has 1 aliphatic rings. The molecule has 2 aromatic rings. The van der Waals surface area contributed by atoms with Gasteiger partial charge in [-0.25, -0.2) is 14.4 Å². The third-order valence-corrected chi connectivity index (χ3v) is 4.93. The van der Waals surface area contributed by atoms with Crippen molar-refractivity contribution in [2.45, 2.75) is 49.6 Å². The van der Waals surface area contributed by atoms with E-state index in [2.05, 4.69) is 20.0 Å². The first-order chi connectivity index (χ1) is 11.5. The lowest BCUT2D eigenvalue weighted by molar-refractivity contribution is 0.0744. The lowest BCUT2D eigenvalue weighted by Gasteiger charge is -2.31. The molecule has 24 heavy (non-hydrogen) atoms. The maximum atomic E-state index is 14.2. The second-order valence-electron chi connectivity index (χ2n) is 6.30. The summed E-state index contributed by atoms with van der Waals surface area (Å²) in [5.74, 6) is 0.342. The van der Waals surface area contributed by atoms with Crippen molar-refractivity contribution in [2.24, 2.45) is 0 Å². The number of aliphatic hydroxyl groups excluding tert-OH is 1. The van der Waals surface area contributed by atoms with Gasteiger partial charge in [-0.15, -0.1) is 0 Å². The third-order valence-electron chi connectivity index (χ3n) is 3.86. The molecule has 0 unspecified atom stereocenters. The maximum Gasteiger partial charge on any atom is 0.227 e. The summed E-state index contributed by atoms with van der Waals surface area (Å²) in [6.45, 7) is 4.06. The number of benzene rings is 1. The second kappa shape index (κ2) is 7.46. The molecule has 1 heterocycles. The average Bonchev–Trinajstić information content (AvgIpc) is 2.53. The van der Waals surface area contributed by atoms with Gasteiger partial charge in [-0.3, -0.25) is 4.72 Å². The highest BCUT2D eigenvalue weighted by Gasteiger charge is 2.28. The SMILES string of the molecule is CC(C)NSc1ccc(Nc2ncc(C3CC(O)C3)cn2)c(F)c1. The maximum absolute atomic E-state index is 14.2. The summed E-state index contributed by atoms with van der Waals surface area (Å²) >= 11 is 1.40. The van der Waals surface area contributed by atoms with Crippen LogP contribution in [0.5, 0.6) is 0 Å². The molecule has 1 aromatic carbocycles. The molecule has 0 amide bonds. The van der Waals surface area contributed by atoms with Gasteiger partial charge in [-0.05, 0) is 68.3 Å². The highest BCUT2D eigenvalue weighted by molar-refractivity contribution is 7.97. The van der Waals surface area contributed by atoms with Crippen molar-refractivity contribution in [3.8, 4) is 0 Å². The monoisotopic (exact) mass is 348 g/mol. The average molecular weight is 348 g/mol.